The molecule has 1 aliphatic rings. The second-order valence-electron chi connectivity index (χ2n) is 11.3. The number of benzene rings is 1. The Kier molecular flexibility index (Phi) is 13.7. The minimum atomic E-state index is -1.50. The summed E-state index contributed by atoms with van der Waals surface area (Å²) >= 11 is 0. The Morgan fingerprint density at radius 2 is 1.72 bits per heavy atom. The number of esters is 4. The number of aliphatic carboxylic acids is 1. The number of rotatable bonds is 14. The minimum Gasteiger partial charge on any atom is -0.493 e. The molecule has 47 heavy (non-hydrogen) atoms. The van der Waals surface area contributed by atoms with E-state index in [0.29, 0.717) is 19.3 Å². The number of cyclic esters (lactones) is 2. The first-order valence-electron chi connectivity index (χ1n) is 15.3. The summed E-state index contributed by atoms with van der Waals surface area (Å²) < 4.78 is 27.5. The van der Waals surface area contributed by atoms with Gasteiger partial charge in [0.1, 0.15) is 18.6 Å². The number of unbranched alkanes of at least 4 members (excludes halogenated alkanes) is 2. The molecule has 254 valence electrons. The van der Waals surface area contributed by atoms with Gasteiger partial charge in [0.05, 0.1) is 13.0 Å². The van der Waals surface area contributed by atoms with Gasteiger partial charge >= 0.3 is 29.8 Å². The second kappa shape index (κ2) is 17.6. The molecule has 0 unspecified atom stereocenters. The molecular formula is C33H40N2O12. The van der Waals surface area contributed by atoms with Crippen molar-refractivity contribution in [2.45, 2.75) is 77.5 Å². The number of nitrogens with one attached hydrogen (secondary N) is 1. The van der Waals surface area contributed by atoms with Crippen molar-refractivity contribution < 1.29 is 57.6 Å². The van der Waals surface area contributed by atoms with Gasteiger partial charge in [-0.3, -0.25) is 24.0 Å². The number of ether oxygens (including phenoxy) is 5. The fraction of sp³-hybridized carbons (Fsp3) is 0.485. The summed E-state index contributed by atoms with van der Waals surface area (Å²) in [5.74, 6) is -6.78. The van der Waals surface area contributed by atoms with Gasteiger partial charge in [0.2, 0.25) is 5.75 Å². The summed E-state index contributed by atoms with van der Waals surface area (Å²) in [4.78, 5) is 80.1. The van der Waals surface area contributed by atoms with Gasteiger partial charge < -0.3 is 34.1 Å². The van der Waals surface area contributed by atoms with Crippen LogP contribution in [0.3, 0.4) is 0 Å². The van der Waals surface area contributed by atoms with Gasteiger partial charge in [-0.05, 0) is 31.7 Å². The van der Waals surface area contributed by atoms with Crippen molar-refractivity contribution >= 4 is 35.8 Å². The number of methoxy groups -OCH3 is 1. The number of carbonyl (C=O) groups excluding carboxylic acids is 5. The lowest BCUT2D eigenvalue weighted by atomic mass is 9.91. The molecule has 1 saturated heterocycles. The molecule has 1 aromatic heterocycles. The maximum atomic E-state index is 13.5. The summed E-state index contributed by atoms with van der Waals surface area (Å²) in [7, 11) is 1.30. The van der Waals surface area contributed by atoms with E-state index in [1.165, 1.54) is 26.3 Å². The largest absolute Gasteiger partial charge is 0.493 e. The molecule has 4 atom stereocenters. The van der Waals surface area contributed by atoms with Crippen molar-refractivity contribution in [3.63, 3.8) is 0 Å². The summed E-state index contributed by atoms with van der Waals surface area (Å²) in [6.45, 7) is 4.13. The average Bonchev–Trinajstić information content (AvgIpc) is 3.07. The van der Waals surface area contributed by atoms with E-state index in [1.807, 2.05) is 6.07 Å². The highest BCUT2D eigenvalue weighted by molar-refractivity contribution is 5.99. The van der Waals surface area contributed by atoms with E-state index in [9.17, 15) is 28.8 Å². The zero-order chi connectivity index (χ0) is 34.5. The smallest absolute Gasteiger partial charge is 0.332 e. The minimum absolute atomic E-state index is 0.0139. The molecule has 0 spiro atoms. The lowest BCUT2D eigenvalue weighted by Gasteiger charge is -2.29. The highest BCUT2D eigenvalue weighted by Crippen LogP contribution is 2.30. The van der Waals surface area contributed by atoms with Gasteiger partial charge in [-0.25, -0.2) is 9.78 Å². The molecule has 1 fully saturated rings. The van der Waals surface area contributed by atoms with Crippen LogP contribution in [0.15, 0.2) is 42.6 Å². The monoisotopic (exact) mass is 656 g/mol. The van der Waals surface area contributed by atoms with Crippen LogP contribution in [0.25, 0.3) is 0 Å². The Morgan fingerprint density at radius 3 is 2.38 bits per heavy atom. The molecule has 14 nitrogen and oxygen atoms in total. The fourth-order valence-electron chi connectivity index (χ4n) is 4.72. The third kappa shape index (κ3) is 10.8. The molecule has 0 aliphatic carbocycles. The molecule has 2 heterocycles. The van der Waals surface area contributed by atoms with Gasteiger partial charge in [-0.15, -0.1) is 0 Å². The summed E-state index contributed by atoms with van der Waals surface area (Å²) in [6, 6.07) is 8.86. The van der Waals surface area contributed by atoms with E-state index >= 15 is 0 Å². The van der Waals surface area contributed by atoms with Gasteiger partial charge in [-0.2, -0.15) is 0 Å². The van der Waals surface area contributed by atoms with Crippen LogP contribution in [0.2, 0.25) is 0 Å². The van der Waals surface area contributed by atoms with Crippen molar-refractivity contribution in [2.75, 3.05) is 13.7 Å². The van der Waals surface area contributed by atoms with Crippen molar-refractivity contribution in [1.29, 1.82) is 0 Å². The number of carboxylic acids is 1. The highest BCUT2D eigenvalue weighted by atomic mass is 16.6. The first-order valence-corrected chi connectivity index (χ1v) is 15.3. The van der Waals surface area contributed by atoms with Gasteiger partial charge in [-0.1, -0.05) is 50.6 Å². The van der Waals surface area contributed by atoms with Crippen LogP contribution in [0.5, 0.6) is 11.5 Å². The number of carboxylic acid groups (broad SMARTS) is 1. The zero-order valence-corrected chi connectivity index (χ0v) is 26.8. The first-order chi connectivity index (χ1) is 22.4. The van der Waals surface area contributed by atoms with Crippen LogP contribution in [0.4, 0.5) is 0 Å². The molecular weight excluding hydrogens is 616 g/mol. The van der Waals surface area contributed by atoms with Gasteiger partial charge in [0, 0.05) is 25.1 Å². The second-order valence-corrected chi connectivity index (χ2v) is 11.3. The standard InChI is InChI=1S/C33H40N2O12/c1-19(2)31(40)47-28-20(3)45-33(42)23(18-44-32(41)22(28)17-21-11-7-5-8-12-21)35-30(39)27-29(24(43-4)15-16-34-27)46-26(38)14-10-6-9-13-25(36)37/h5,7-8,11-12,15-16,19-20,22-23,28H,6,9-10,13-14,17-18H2,1-4H3,(H,35,39)(H,36,37)/t20-,22+,23-,28-/m0/s1. The van der Waals surface area contributed by atoms with E-state index in [0.717, 1.165) is 5.56 Å². The number of amides is 1. The molecule has 0 radical (unpaired) electrons. The summed E-state index contributed by atoms with van der Waals surface area (Å²) in [6.07, 6.45) is 0.201. The predicted molar refractivity (Wildman–Crippen MR) is 163 cm³/mol. The maximum Gasteiger partial charge on any atom is 0.332 e. The summed E-state index contributed by atoms with van der Waals surface area (Å²) in [5.41, 5.74) is 0.371. The quantitative estimate of drug-likeness (QED) is 0.171. The van der Waals surface area contributed by atoms with E-state index < -0.39 is 72.4 Å². The lowest BCUT2D eigenvalue weighted by Crippen LogP contribution is -2.47. The predicted octanol–water partition coefficient (Wildman–Crippen LogP) is 3.04. The molecule has 1 aliphatic heterocycles. The molecule has 1 amide bonds. The van der Waals surface area contributed by atoms with Crippen molar-refractivity contribution in [3.8, 4) is 11.5 Å². The number of nitrogens with zero attached hydrogens (tertiary/aromatic N) is 1. The average molecular weight is 657 g/mol. The Hall–Kier alpha value is -5.01. The Labute approximate surface area is 272 Å². The van der Waals surface area contributed by atoms with E-state index in [4.69, 9.17) is 28.8 Å². The molecule has 2 N–H and O–H groups in total. The zero-order valence-electron chi connectivity index (χ0n) is 26.8. The lowest BCUT2D eigenvalue weighted by molar-refractivity contribution is -0.176. The maximum absolute atomic E-state index is 13.5. The van der Waals surface area contributed by atoms with E-state index in [2.05, 4.69) is 10.3 Å². The SMILES string of the molecule is COc1ccnc(C(=O)N[C@H]2COC(=O)[C@H](Cc3ccccc3)[C@@H](OC(=O)C(C)C)[C@H](C)OC2=O)c1OC(=O)CCCCCC(=O)O. The molecule has 0 bridgehead atoms. The molecule has 1 aromatic carbocycles. The van der Waals surface area contributed by atoms with Crippen molar-refractivity contribution in [2.24, 2.45) is 11.8 Å². The summed E-state index contributed by atoms with van der Waals surface area (Å²) in [5, 5.41) is 11.2. The number of hydrogen-bond donors (Lipinski definition) is 2. The highest BCUT2D eigenvalue weighted by Gasteiger charge is 2.42. The number of pyridine rings is 1. The Balaban J connectivity index is 1.80. The number of hydrogen-bond acceptors (Lipinski definition) is 12. The van der Waals surface area contributed by atoms with Crippen LogP contribution >= 0.6 is 0 Å². The normalized spacial score (nSPS) is 19.7. The third-order valence-corrected chi connectivity index (χ3v) is 7.26. The van der Waals surface area contributed by atoms with Crippen LogP contribution in [-0.2, 0) is 44.6 Å². The Morgan fingerprint density at radius 1 is 1.02 bits per heavy atom. The molecule has 0 saturated carbocycles. The number of carbonyl (C=O) groups is 6. The van der Waals surface area contributed by atoms with Crippen LogP contribution in [-0.4, -0.2) is 77.8 Å². The first kappa shape index (κ1) is 36.5. The third-order valence-electron chi connectivity index (χ3n) is 7.26. The molecule has 14 heteroatoms. The van der Waals surface area contributed by atoms with Crippen molar-refractivity contribution in [3.05, 3.63) is 53.9 Å². The van der Waals surface area contributed by atoms with Gasteiger partial charge in [0.25, 0.3) is 5.91 Å². The number of aromatic nitrogens is 1. The van der Waals surface area contributed by atoms with E-state index in [1.54, 1.807) is 38.1 Å². The van der Waals surface area contributed by atoms with Crippen LogP contribution in [0, 0.1) is 11.8 Å². The van der Waals surface area contributed by atoms with E-state index in [-0.39, 0.29) is 36.5 Å². The topological polar surface area (TPSA) is 194 Å². The molecule has 2 aromatic rings. The van der Waals surface area contributed by atoms with Crippen LogP contribution in [0.1, 0.15) is 68.9 Å². The Bertz CT molecular complexity index is 1430. The van der Waals surface area contributed by atoms with Crippen LogP contribution < -0.4 is 14.8 Å². The van der Waals surface area contributed by atoms with Crippen molar-refractivity contribution in [1.82, 2.24) is 10.3 Å². The van der Waals surface area contributed by atoms with Gasteiger partial charge in [0.15, 0.2) is 23.6 Å². The molecule has 3 rings (SSSR count). The fourth-order valence-corrected chi connectivity index (χ4v) is 4.72.